The topological polar surface area (TPSA) is 55.4 Å². The van der Waals surface area contributed by atoms with Gasteiger partial charge in [0.25, 0.3) is 5.91 Å². The lowest BCUT2D eigenvalue weighted by Gasteiger charge is -2.25. The minimum Gasteiger partial charge on any atom is -0.444 e. The fourth-order valence-corrected chi connectivity index (χ4v) is 2.30. The molecule has 7 heteroatoms. The van der Waals surface area contributed by atoms with E-state index >= 15 is 0 Å². The zero-order valence-electron chi connectivity index (χ0n) is 15.1. The van der Waals surface area contributed by atoms with E-state index in [0.717, 1.165) is 24.3 Å². The Labute approximate surface area is 155 Å². The molecule has 0 saturated heterocycles. The Hall–Kier alpha value is -2.83. The Morgan fingerprint density at radius 1 is 0.926 bits per heavy atom. The first-order valence-corrected chi connectivity index (χ1v) is 8.22. The van der Waals surface area contributed by atoms with Crippen LogP contribution in [0.1, 0.15) is 48.4 Å². The zero-order valence-corrected chi connectivity index (χ0v) is 15.1. The Morgan fingerprint density at radius 2 is 1.48 bits per heavy atom. The molecule has 2 aromatic carbocycles. The molecule has 0 fully saturated rings. The quantitative estimate of drug-likeness (QED) is 0.795. The largest absolute Gasteiger partial charge is 0.444 e. The van der Waals surface area contributed by atoms with Crippen LogP contribution in [0.25, 0.3) is 0 Å². The zero-order chi connectivity index (χ0) is 20.2. The fourth-order valence-electron chi connectivity index (χ4n) is 2.30. The summed E-state index contributed by atoms with van der Waals surface area (Å²) < 4.78 is 43.6. The second kappa shape index (κ2) is 7.82. The summed E-state index contributed by atoms with van der Waals surface area (Å²) in [6.45, 7) is 5.23. The summed E-state index contributed by atoms with van der Waals surface area (Å²) in [5, 5.41) is 2.68. The van der Waals surface area contributed by atoms with Crippen LogP contribution in [0.5, 0.6) is 0 Å². The van der Waals surface area contributed by atoms with Crippen LogP contribution >= 0.6 is 0 Å². The molecule has 0 spiro atoms. The molecule has 0 radical (unpaired) electrons. The highest BCUT2D eigenvalue weighted by atomic mass is 19.4. The molecule has 27 heavy (non-hydrogen) atoms. The van der Waals surface area contributed by atoms with Crippen LogP contribution in [0.15, 0.2) is 54.6 Å². The van der Waals surface area contributed by atoms with Gasteiger partial charge in [-0.05, 0) is 45.0 Å². The number of hydrogen-bond donors (Lipinski definition) is 1. The first-order valence-electron chi connectivity index (χ1n) is 8.22. The van der Waals surface area contributed by atoms with E-state index in [9.17, 15) is 22.8 Å². The minimum absolute atomic E-state index is 0.147. The van der Waals surface area contributed by atoms with Gasteiger partial charge < -0.3 is 10.1 Å². The first kappa shape index (κ1) is 20.5. The van der Waals surface area contributed by atoms with Gasteiger partial charge in [-0.25, -0.2) is 4.79 Å². The molecule has 4 nitrogen and oxygen atoms in total. The molecule has 144 valence electrons. The molecular formula is C20H20F3NO3. The van der Waals surface area contributed by atoms with Crippen molar-refractivity contribution in [2.75, 3.05) is 0 Å². The van der Waals surface area contributed by atoms with E-state index in [0.29, 0.717) is 0 Å². The molecule has 2 aromatic rings. The van der Waals surface area contributed by atoms with Crippen LogP contribution in [0.3, 0.4) is 0 Å². The lowest BCUT2D eigenvalue weighted by molar-refractivity contribution is -0.137. The molecule has 1 amide bonds. The molecule has 0 aliphatic heterocycles. The third-order valence-corrected chi connectivity index (χ3v) is 3.51. The van der Waals surface area contributed by atoms with Gasteiger partial charge in [0.1, 0.15) is 0 Å². The number of rotatable bonds is 4. The second-order valence-electron chi connectivity index (χ2n) is 7.01. The minimum atomic E-state index is -4.50. The van der Waals surface area contributed by atoms with E-state index in [-0.39, 0.29) is 11.1 Å². The van der Waals surface area contributed by atoms with Gasteiger partial charge in [-0.3, -0.25) is 4.79 Å². The third kappa shape index (κ3) is 5.84. The van der Waals surface area contributed by atoms with Crippen LogP contribution in [-0.4, -0.2) is 17.4 Å². The van der Waals surface area contributed by atoms with E-state index in [4.69, 9.17) is 4.74 Å². The Balaban J connectivity index is 2.32. The summed E-state index contributed by atoms with van der Waals surface area (Å²) in [4.78, 5) is 24.9. The van der Waals surface area contributed by atoms with Crippen molar-refractivity contribution in [3.8, 4) is 0 Å². The molecule has 0 aliphatic carbocycles. The van der Waals surface area contributed by atoms with Gasteiger partial charge in [0.05, 0.1) is 11.1 Å². The summed E-state index contributed by atoms with van der Waals surface area (Å²) in [5.74, 6) is -1.36. The van der Waals surface area contributed by atoms with Crippen LogP contribution in [0.4, 0.5) is 13.2 Å². The van der Waals surface area contributed by atoms with Crippen LogP contribution in [0, 0.1) is 0 Å². The molecule has 0 saturated carbocycles. The monoisotopic (exact) mass is 379 g/mol. The smallest absolute Gasteiger partial charge is 0.416 e. The predicted molar refractivity (Wildman–Crippen MR) is 93.9 cm³/mol. The van der Waals surface area contributed by atoms with Crippen molar-refractivity contribution in [3.63, 3.8) is 0 Å². The summed E-state index contributed by atoms with van der Waals surface area (Å²) in [6, 6.07) is 12.0. The number of amides is 1. The van der Waals surface area contributed by atoms with Crippen molar-refractivity contribution >= 4 is 11.9 Å². The normalized spacial score (nSPS) is 13.0. The van der Waals surface area contributed by atoms with Gasteiger partial charge in [0.2, 0.25) is 6.10 Å². The molecule has 0 aromatic heterocycles. The van der Waals surface area contributed by atoms with E-state index in [2.05, 4.69) is 5.32 Å². The van der Waals surface area contributed by atoms with Crippen LogP contribution < -0.4 is 5.32 Å². The molecule has 2 rings (SSSR count). The number of benzene rings is 2. The Bertz CT molecular complexity index is 794. The van der Waals surface area contributed by atoms with Crippen molar-refractivity contribution in [2.24, 2.45) is 0 Å². The summed E-state index contributed by atoms with van der Waals surface area (Å²) in [5.41, 5.74) is -1.08. The van der Waals surface area contributed by atoms with E-state index in [1.807, 2.05) is 0 Å². The molecular weight excluding hydrogens is 359 g/mol. The number of hydrogen-bond acceptors (Lipinski definition) is 3. The number of ether oxygens (including phenoxy) is 1. The number of halogens is 3. The Kier molecular flexibility index (Phi) is 5.93. The van der Waals surface area contributed by atoms with Crippen molar-refractivity contribution < 1.29 is 27.5 Å². The molecule has 0 aliphatic rings. The molecule has 1 unspecified atom stereocenters. The summed E-state index contributed by atoms with van der Waals surface area (Å²) in [6.07, 6.45) is -5.87. The van der Waals surface area contributed by atoms with Crippen molar-refractivity contribution in [2.45, 2.75) is 38.6 Å². The maximum Gasteiger partial charge on any atom is 0.416 e. The van der Waals surface area contributed by atoms with Crippen molar-refractivity contribution in [1.29, 1.82) is 0 Å². The second-order valence-corrected chi connectivity index (χ2v) is 7.01. The molecule has 1 atom stereocenters. The molecule has 0 heterocycles. The SMILES string of the molecule is CC(C)(C)NC(=O)C(OC(=O)c1ccccc1)c1ccc(C(F)(F)F)cc1. The van der Waals surface area contributed by atoms with Crippen molar-refractivity contribution in [3.05, 3.63) is 71.3 Å². The first-order chi connectivity index (χ1) is 12.5. The average molecular weight is 379 g/mol. The molecule has 1 N–H and O–H groups in total. The highest BCUT2D eigenvalue weighted by Gasteiger charge is 2.32. The number of esters is 1. The number of alkyl halides is 3. The van der Waals surface area contributed by atoms with Crippen LogP contribution in [-0.2, 0) is 15.7 Å². The number of carbonyl (C=O) groups excluding carboxylic acids is 2. The standard InChI is InChI=1S/C20H20F3NO3/c1-19(2,3)24-17(25)16(27-18(26)14-7-5-4-6-8-14)13-9-11-15(12-10-13)20(21,22)23/h4-12,16H,1-3H3,(H,24,25). The highest BCUT2D eigenvalue weighted by Crippen LogP contribution is 2.31. The highest BCUT2D eigenvalue weighted by molar-refractivity contribution is 5.92. The van der Waals surface area contributed by atoms with E-state index < -0.39 is 35.3 Å². The van der Waals surface area contributed by atoms with Gasteiger partial charge in [-0.1, -0.05) is 30.3 Å². The van der Waals surface area contributed by atoms with Crippen molar-refractivity contribution in [1.82, 2.24) is 5.32 Å². The fraction of sp³-hybridized carbons (Fsp3) is 0.300. The molecule has 0 bridgehead atoms. The van der Waals surface area contributed by atoms with E-state index in [1.165, 1.54) is 12.1 Å². The third-order valence-electron chi connectivity index (χ3n) is 3.51. The Morgan fingerprint density at radius 3 is 1.96 bits per heavy atom. The predicted octanol–water partition coefficient (Wildman–Crippen LogP) is 4.52. The maximum atomic E-state index is 12.8. The van der Waals surface area contributed by atoms with Gasteiger partial charge >= 0.3 is 12.1 Å². The van der Waals surface area contributed by atoms with Crippen LogP contribution in [0.2, 0.25) is 0 Å². The van der Waals surface area contributed by atoms with E-state index in [1.54, 1.807) is 39.0 Å². The number of carbonyl (C=O) groups is 2. The van der Waals surface area contributed by atoms with Gasteiger partial charge in [-0.15, -0.1) is 0 Å². The average Bonchev–Trinajstić information content (AvgIpc) is 2.58. The van der Waals surface area contributed by atoms with Gasteiger partial charge in [-0.2, -0.15) is 13.2 Å². The number of nitrogens with one attached hydrogen (secondary N) is 1. The maximum absolute atomic E-state index is 12.8. The van der Waals surface area contributed by atoms with Gasteiger partial charge in [0, 0.05) is 11.1 Å². The lowest BCUT2D eigenvalue weighted by atomic mass is 10.0. The lowest BCUT2D eigenvalue weighted by Crippen LogP contribution is -2.44. The summed E-state index contributed by atoms with van der Waals surface area (Å²) in [7, 11) is 0. The summed E-state index contributed by atoms with van der Waals surface area (Å²) >= 11 is 0. The van der Waals surface area contributed by atoms with Gasteiger partial charge in [0.15, 0.2) is 0 Å².